The maximum Gasteiger partial charge on any atom is 0.277 e. The van der Waals surface area contributed by atoms with Gasteiger partial charge in [0.2, 0.25) is 5.91 Å². The summed E-state index contributed by atoms with van der Waals surface area (Å²) in [7, 11) is -3.59. The first-order valence-electron chi connectivity index (χ1n) is 4.50. The Balaban J connectivity index is 2.51. The summed E-state index contributed by atoms with van der Waals surface area (Å²) in [6.07, 6.45) is 0.454. The van der Waals surface area contributed by atoms with Crippen molar-refractivity contribution in [1.82, 2.24) is 9.21 Å². The van der Waals surface area contributed by atoms with Crippen LogP contribution in [0.25, 0.3) is 0 Å². The van der Waals surface area contributed by atoms with Crippen LogP contribution in [0.5, 0.6) is 0 Å². The van der Waals surface area contributed by atoms with Crippen molar-refractivity contribution in [3.63, 3.8) is 0 Å². The monoisotopic (exact) mass is 221 g/mol. The maximum absolute atomic E-state index is 11.2. The van der Waals surface area contributed by atoms with Gasteiger partial charge in [-0.1, -0.05) is 6.92 Å². The summed E-state index contributed by atoms with van der Waals surface area (Å²) < 4.78 is 23.1. The normalized spacial score (nSPS) is 19.7. The Hall–Kier alpha value is -0.660. The molecule has 0 spiro atoms. The highest BCUT2D eigenvalue weighted by atomic mass is 32.2. The van der Waals surface area contributed by atoms with Crippen LogP contribution in [-0.4, -0.2) is 49.7 Å². The highest BCUT2D eigenvalue weighted by molar-refractivity contribution is 7.86. The third-order valence-electron chi connectivity index (χ3n) is 2.25. The fourth-order valence-electron chi connectivity index (χ4n) is 1.42. The summed E-state index contributed by atoms with van der Waals surface area (Å²) in [5.41, 5.74) is 0. The second kappa shape index (κ2) is 4.24. The molecule has 1 aliphatic heterocycles. The van der Waals surface area contributed by atoms with Crippen LogP contribution in [0.3, 0.4) is 0 Å². The number of hydrogen-bond acceptors (Lipinski definition) is 3. The molecular formula is C7H15N3O3S. The van der Waals surface area contributed by atoms with E-state index in [4.69, 9.17) is 5.14 Å². The van der Waals surface area contributed by atoms with Gasteiger partial charge in [-0.2, -0.15) is 12.7 Å². The highest BCUT2D eigenvalue weighted by Gasteiger charge is 2.25. The number of carbonyl (C=O) groups is 1. The van der Waals surface area contributed by atoms with Gasteiger partial charge in [0.05, 0.1) is 0 Å². The third-order valence-corrected chi connectivity index (χ3v) is 3.34. The quantitative estimate of drug-likeness (QED) is 0.632. The molecule has 6 nitrogen and oxygen atoms in total. The van der Waals surface area contributed by atoms with Crippen LogP contribution in [0.4, 0.5) is 0 Å². The van der Waals surface area contributed by atoms with Crippen LogP contribution in [-0.2, 0) is 15.0 Å². The Morgan fingerprint density at radius 3 is 2.14 bits per heavy atom. The van der Waals surface area contributed by atoms with Crippen molar-refractivity contribution in [1.29, 1.82) is 0 Å². The zero-order valence-electron chi connectivity index (χ0n) is 8.14. The molecule has 0 atom stereocenters. The minimum absolute atomic E-state index is 0.0547. The third kappa shape index (κ3) is 2.66. The first kappa shape index (κ1) is 11.4. The lowest BCUT2D eigenvalue weighted by molar-refractivity contribution is -0.132. The minimum atomic E-state index is -3.59. The fraction of sp³-hybridized carbons (Fsp3) is 0.857. The van der Waals surface area contributed by atoms with E-state index in [9.17, 15) is 13.2 Å². The number of nitrogens with two attached hydrogens (primary N) is 1. The molecule has 1 amide bonds. The molecule has 0 aromatic heterocycles. The molecule has 7 heteroatoms. The summed E-state index contributed by atoms with van der Waals surface area (Å²) in [5.74, 6) is 0.0547. The lowest BCUT2D eigenvalue weighted by Gasteiger charge is -2.32. The van der Waals surface area contributed by atoms with Crippen LogP contribution in [0.15, 0.2) is 0 Å². The molecule has 0 unspecified atom stereocenters. The molecule has 1 heterocycles. The highest BCUT2D eigenvalue weighted by Crippen LogP contribution is 2.05. The number of amides is 1. The standard InChI is InChI=1S/C7H15N3O3S/c1-2-7(11)9-3-5-10(6-4-9)14(8,12)13/h2-6H2,1H3,(H2,8,12,13). The Morgan fingerprint density at radius 2 is 1.79 bits per heavy atom. The molecule has 0 bridgehead atoms. The molecule has 82 valence electrons. The van der Waals surface area contributed by atoms with Crippen molar-refractivity contribution < 1.29 is 13.2 Å². The van der Waals surface area contributed by atoms with Gasteiger partial charge in [-0.15, -0.1) is 0 Å². The van der Waals surface area contributed by atoms with Crippen molar-refractivity contribution in [2.75, 3.05) is 26.2 Å². The van der Waals surface area contributed by atoms with Gasteiger partial charge in [-0.3, -0.25) is 4.79 Å². The molecule has 0 aromatic carbocycles. The second-order valence-electron chi connectivity index (χ2n) is 3.18. The van der Waals surface area contributed by atoms with Gasteiger partial charge in [0.25, 0.3) is 10.2 Å². The average Bonchev–Trinajstić information content (AvgIpc) is 2.15. The molecule has 0 radical (unpaired) electrons. The van der Waals surface area contributed by atoms with Crippen molar-refractivity contribution in [3.05, 3.63) is 0 Å². The van der Waals surface area contributed by atoms with Gasteiger partial charge in [-0.25, -0.2) is 5.14 Å². The van der Waals surface area contributed by atoms with Crippen LogP contribution < -0.4 is 5.14 Å². The molecular weight excluding hydrogens is 206 g/mol. The number of nitrogens with zero attached hydrogens (tertiary/aromatic N) is 2. The van der Waals surface area contributed by atoms with Crippen LogP contribution in [0.1, 0.15) is 13.3 Å². The summed E-state index contributed by atoms with van der Waals surface area (Å²) >= 11 is 0. The van der Waals surface area contributed by atoms with Crippen molar-refractivity contribution >= 4 is 16.1 Å². The van der Waals surface area contributed by atoms with E-state index in [2.05, 4.69) is 0 Å². The van der Waals surface area contributed by atoms with E-state index in [-0.39, 0.29) is 5.91 Å². The lowest BCUT2D eigenvalue weighted by atomic mass is 10.3. The van der Waals surface area contributed by atoms with Gasteiger partial charge in [0.15, 0.2) is 0 Å². The van der Waals surface area contributed by atoms with Crippen molar-refractivity contribution in [2.24, 2.45) is 5.14 Å². The molecule has 2 N–H and O–H groups in total. The maximum atomic E-state index is 11.2. The van der Waals surface area contributed by atoms with E-state index in [0.29, 0.717) is 32.6 Å². The Kier molecular flexibility index (Phi) is 3.46. The van der Waals surface area contributed by atoms with E-state index >= 15 is 0 Å². The number of carbonyl (C=O) groups excluding carboxylic acids is 1. The zero-order chi connectivity index (χ0) is 10.8. The number of piperazine rings is 1. The molecule has 1 fully saturated rings. The predicted octanol–water partition coefficient (Wildman–Crippen LogP) is -1.26. The Labute approximate surface area is 83.8 Å². The van der Waals surface area contributed by atoms with Crippen molar-refractivity contribution in [3.8, 4) is 0 Å². The van der Waals surface area contributed by atoms with Gasteiger partial charge in [0.1, 0.15) is 0 Å². The second-order valence-corrected chi connectivity index (χ2v) is 4.72. The molecule has 1 aliphatic rings. The summed E-state index contributed by atoms with van der Waals surface area (Å²) in [6.45, 7) is 3.25. The number of rotatable bonds is 2. The molecule has 14 heavy (non-hydrogen) atoms. The van der Waals surface area contributed by atoms with E-state index in [1.54, 1.807) is 11.8 Å². The fourth-order valence-corrected chi connectivity index (χ4v) is 2.09. The van der Waals surface area contributed by atoms with Crippen LogP contribution in [0.2, 0.25) is 0 Å². The average molecular weight is 221 g/mol. The number of hydrogen-bond donors (Lipinski definition) is 1. The summed E-state index contributed by atoms with van der Waals surface area (Å²) in [6, 6.07) is 0. The predicted molar refractivity (Wildman–Crippen MR) is 51.6 cm³/mol. The van der Waals surface area contributed by atoms with Gasteiger partial charge in [0, 0.05) is 32.6 Å². The Bertz CT molecular complexity index is 306. The first-order chi connectivity index (χ1) is 6.45. The SMILES string of the molecule is CCC(=O)N1CCN(S(N)(=O)=O)CC1. The van der Waals surface area contributed by atoms with Crippen LogP contribution >= 0.6 is 0 Å². The van der Waals surface area contributed by atoms with E-state index in [1.165, 1.54) is 4.31 Å². The summed E-state index contributed by atoms with van der Waals surface area (Å²) in [4.78, 5) is 12.9. The zero-order valence-corrected chi connectivity index (χ0v) is 8.96. The lowest BCUT2D eigenvalue weighted by Crippen LogP contribution is -2.52. The van der Waals surface area contributed by atoms with E-state index in [1.807, 2.05) is 0 Å². The Morgan fingerprint density at radius 1 is 1.29 bits per heavy atom. The molecule has 0 aromatic rings. The van der Waals surface area contributed by atoms with Gasteiger partial charge < -0.3 is 4.90 Å². The molecule has 0 saturated carbocycles. The van der Waals surface area contributed by atoms with Gasteiger partial charge >= 0.3 is 0 Å². The first-order valence-corrected chi connectivity index (χ1v) is 6.01. The van der Waals surface area contributed by atoms with Gasteiger partial charge in [-0.05, 0) is 0 Å². The van der Waals surface area contributed by atoms with E-state index < -0.39 is 10.2 Å². The molecule has 0 aliphatic carbocycles. The van der Waals surface area contributed by atoms with Crippen LogP contribution in [0, 0.1) is 0 Å². The van der Waals surface area contributed by atoms with Crippen molar-refractivity contribution in [2.45, 2.75) is 13.3 Å². The summed E-state index contributed by atoms with van der Waals surface area (Å²) in [5, 5.41) is 4.96. The molecule has 1 saturated heterocycles. The topological polar surface area (TPSA) is 83.7 Å². The largest absolute Gasteiger partial charge is 0.340 e. The smallest absolute Gasteiger partial charge is 0.277 e. The minimum Gasteiger partial charge on any atom is -0.340 e. The molecule has 1 rings (SSSR count). The van der Waals surface area contributed by atoms with E-state index in [0.717, 1.165) is 0 Å².